The first-order valence-electron chi connectivity index (χ1n) is 9.20. The second kappa shape index (κ2) is 9.70. The highest BCUT2D eigenvalue weighted by Gasteiger charge is 2.14. The third-order valence-corrected chi connectivity index (χ3v) is 4.40. The molecule has 0 fully saturated rings. The number of amides is 2. The predicted molar refractivity (Wildman–Crippen MR) is 108 cm³/mol. The second-order valence-electron chi connectivity index (χ2n) is 6.44. The summed E-state index contributed by atoms with van der Waals surface area (Å²) in [7, 11) is 3.07. The normalized spacial score (nSPS) is 10.7. The Morgan fingerprint density at radius 2 is 1.69 bits per heavy atom. The molecule has 0 unspecified atom stereocenters. The molecule has 2 aromatic carbocycles. The number of imidazole rings is 1. The minimum absolute atomic E-state index is 0.0252. The molecular formula is C21H24N4O4. The van der Waals surface area contributed by atoms with Gasteiger partial charge in [0.25, 0.3) is 0 Å². The monoisotopic (exact) mass is 396 g/mol. The Labute approximate surface area is 168 Å². The summed E-state index contributed by atoms with van der Waals surface area (Å²) in [5.74, 6) is 0.990. The molecule has 1 heterocycles. The molecule has 152 valence electrons. The number of ether oxygens (including phenoxy) is 2. The lowest BCUT2D eigenvalue weighted by Crippen LogP contribution is -2.30. The van der Waals surface area contributed by atoms with E-state index in [2.05, 4.69) is 15.6 Å². The summed E-state index contributed by atoms with van der Waals surface area (Å²) in [6.45, 7) is 0.701. The highest BCUT2D eigenvalue weighted by atomic mass is 16.5. The van der Waals surface area contributed by atoms with Gasteiger partial charge in [0.05, 0.1) is 24.7 Å². The van der Waals surface area contributed by atoms with Crippen molar-refractivity contribution in [1.82, 2.24) is 20.2 Å². The third kappa shape index (κ3) is 5.32. The van der Waals surface area contributed by atoms with Gasteiger partial charge in [-0.3, -0.25) is 9.59 Å². The lowest BCUT2D eigenvalue weighted by molar-refractivity contribution is -0.124. The minimum Gasteiger partial charge on any atom is -0.497 e. The SMILES string of the molecule is COCC(=O)NCc1nc2ccccc2n1CC(=O)NCc1ccc(OC)cc1. The molecule has 0 atom stereocenters. The van der Waals surface area contributed by atoms with E-state index in [0.717, 1.165) is 22.3 Å². The van der Waals surface area contributed by atoms with E-state index in [9.17, 15) is 9.59 Å². The highest BCUT2D eigenvalue weighted by Crippen LogP contribution is 2.16. The van der Waals surface area contributed by atoms with Crippen molar-refractivity contribution in [2.24, 2.45) is 0 Å². The summed E-state index contributed by atoms with van der Waals surface area (Å²) < 4.78 is 11.8. The Bertz CT molecular complexity index is 982. The molecule has 0 aliphatic rings. The Balaban J connectivity index is 1.69. The second-order valence-corrected chi connectivity index (χ2v) is 6.44. The number of hydrogen-bond donors (Lipinski definition) is 2. The molecule has 0 saturated carbocycles. The van der Waals surface area contributed by atoms with Gasteiger partial charge in [0.1, 0.15) is 24.7 Å². The molecule has 8 heteroatoms. The maximum absolute atomic E-state index is 12.6. The fourth-order valence-corrected chi connectivity index (χ4v) is 2.94. The number of nitrogens with zero attached hydrogens (tertiary/aromatic N) is 2. The maximum atomic E-state index is 12.6. The van der Waals surface area contributed by atoms with Crippen molar-refractivity contribution < 1.29 is 19.1 Å². The molecule has 0 bridgehead atoms. The number of methoxy groups -OCH3 is 2. The Morgan fingerprint density at radius 1 is 0.966 bits per heavy atom. The van der Waals surface area contributed by atoms with Crippen LogP contribution in [0.2, 0.25) is 0 Å². The van der Waals surface area contributed by atoms with E-state index in [-0.39, 0.29) is 31.5 Å². The van der Waals surface area contributed by atoms with Gasteiger partial charge in [-0.2, -0.15) is 0 Å². The number of aromatic nitrogens is 2. The van der Waals surface area contributed by atoms with Crippen LogP contribution in [0.25, 0.3) is 11.0 Å². The molecule has 8 nitrogen and oxygen atoms in total. The van der Waals surface area contributed by atoms with Gasteiger partial charge >= 0.3 is 0 Å². The quantitative estimate of drug-likeness (QED) is 0.573. The topological polar surface area (TPSA) is 94.5 Å². The molecular weight excluding hydrogens is 372 g/mol. The third-order valence-electron chi connectivity index (χ3n) is 4.40. The molecule has 1 aromatic heterocycles. The van der Waals surface area contributed by atoms with Crippen molar-refractivity contribution in [1.29, 1.82) is 0 Å². The molecule has 3 aromatic rings. The number of fused-ring (bicyclic) bond motifs is 1. The lowest BCUT2D eigenvalue weighted by atomic mass is 10.2. The zero-order valence-electron chi connectivity index (χ0n) is 16.5. The lowest BCUT2D eigenvalue weighted by Gasteiger charge is -2.11. The van der Waals surface area contributed by atoms with Crippen LogP contribution in [0.1, 0.15) is 11.4 Å². The van der Waals surface area contributed by atoms with E-state index >= 15 is 0 Å². The summed E-state index contributed by atoms with van der Waals surface area (Å²) in [6, 6.07) is 15.1. The van der Waals surface area contributed by atoms with Crippen molar-refractivity contribution in [2.75, 3.05) is 20.8 Å². The van der Waals surface area contributed by atoms with Crippen LogP contribution in [0.5, 0.6) is 5.75 Å². The fourth-order valence-electron chi connectivity index (χ4n) is 2.94. The van der Waals surface area contributed by atoms with Gasteiger partial charge in [-0.15, -0.1) is 0 Å². The maximum Gasteiger partial charge on any atom is 0.246 e. The van der Waals surface area contributed by atoms with Gasteiger partial charge in [0.15, 0.2) is 0 Å². The Hall–Kier alpha value is -3.39. The predicted octanol–water partition coefficient (Wildman–Crippen LogP) is 1.62. The average Bonchev–Trinajstić information content (AvgIpc) is 3.09. The summed E-state index contributed by atoms with van der Waals surface area (Å²) >= 11 is 0. The molecule has 0 aliphatic carbocycles. The molecule has 0 spiro atoms. The van der Waals surface area contributed by atoms with Crippen LogP contribution in [0.4, 0.5) is 0 Å². The highest BCUT2D eigenvalue weighted by molar-refractivity contribution is 5.81. The molecule has 2 N–H and O–H groups in total. The standard InChI is InChI=1S/C21H24N4O4/c1-28-14-21(27)23-12-19-24-17-5-3-4-6-18(17)25(19)13-20(26)22-11-15-7-9-16(29-2)10-8-15/h3-10H,11-14H2,1-2H3,(H,22,26)(H,23,27). The van der Waals surface area contributed by atoms with Crippen LogP contribution < -0.4 is 15.4 Å². The summed E-state index contributed by atoms with van der Waals surface area (Å²) in [5.41, 5.74) is 2.58. The molecule has 0 aliphatic heterocycles. The molecule has 29 heavy (non-hydrogen) atoms. The van der Waals surface area contributed by atoms with Gasteiger partial charge in [0, 0.05) is 13.7 Å². The van der Waals surface area contributed by atoms with E-state index in [4.69, 9.17) is 9.47 Å². The van der Waals surface area contributed by atoms with E-state index in [1.807, 2.05) is 53.1 Å². The van der Waals surface area contributed by atoms with Crippen LogP contribution in [0, 0.1) is 0 Å². The first kappa shape index (κ1) is 20.3. The average molecular weight is 396 g/mol. The number of nitrogens with one attached hydrogen (secondary N) is 2. The Kier molecular flexibility index (Phi) is 6.80. The van der Waals surface area contributed by atoms with Crippen LogP contribution >= 0.6 is 0 Å². The summed E-state index contributed by atoms with van der Waals surface area (Å²) in [6.07, 6.45) is 0. The van der Waals surface area contributed by atoms with Crippen LogP contribution in [0.15, 0.2) is 48.5 Å². The van der Waals surface area contributed by atoms with Gasteiger partial charge in [-0.25, -0.2) is 4.98 Å². The number of rotatable bonds is 9. The van der Waals surface area contributed by atoms with E-state index in [0.29, 0.717) is 12.4 Å². The van der Waals surface area contributed by atoms with E-state index in [1.54, 1.807) is 7.11 Å². The molecule has 0 radical (unpaired) electrons. The van der Waals surface area contributed by atoms with Gasteiger partial charge in [0.2, 0.25) is 11.8 Å². The van der Waals surface area contributed by atoms with Crippen LogP contribution in [-0.4, -0.2) is 42.2 Å². The zero-order valence-corrected chi connectivity index (χ0v) is 16.5. The van der Waals surface area contributed by atoms with Crippen molar-refractivity contribution in [3.8, 4) is 5.75 Å². The van der Waals surface area contributed by atoms with Gasteiger partial charge in [-0.1, -0.05) is 24.3 Å². The molecule has 0 saturated heterocycles. The van der Waals surface area contributed by atoms with E-state index in [1.165, 1.54) is 7.11 Å². The number of benzene rings is 2. The van der Waals surface area contributed by atoms with Gasteiger partial charge < -0.3 is 24.7 Å². The number of carbonyl (C=O) groups is 2. The number of carbonyl (C=O) groups excluding carboxylic acids is 2. The fraction of sp³-hybridized carbons (Fsp3) is 0.286. The summed E-state index contributed by atoms with van der Waals surface area (Å²) in [5, 5.41) is 5.67. The van der Waals surface area contributed by atoms with Crippen molar-refractivity contribution >= 4 is 22.8 Å². The van der Waals surface area contributed by atoms with Gasteiger partial charge in [-0.05, 0) is 29.8 Å². The van der Waals surface area contributed by atoms with Crippen molar-refractivity contribution in [3.63, 3.8) is 0 Å². The minimum atomic E-state index is -0.241. The molecule has 2 amide bonds. The number of hydrogen-bond acceptors (Lipinski definition) is 5. The van der Waals surface area contributed by atoms with E-state index < -0.39 is 0 Å². The van der Waals surface area contributed by atoms with Crippen molar-refractivity contribution in [3.05, 3.63) is 59.9 Å². The Morgan fingerprint density at radius 3 is 2.41 bits per heavy atom. The smallest absolute Gasteiger partial charge is 0.246 e. The van der Waals surface area contributed by atoms with Crippen molar-refractivity contribution in [2.45, 2.75) is 19.6 Å². The first-order chi connectivity index (χ1) is 14.1. The first-order valence-corrected chi connectivity index (χ1v) is 9.20. The largest absolute Gasteiger partial charge is 0.497 e. The number of para-hydroxylation sites is 2. The molecule has 3 rings (SSSR count). The van der Waals surface area contributed by atoms with Crippen LogP contribution in [0.3, 0.4) is 0 Å². The van der Waals surface area contributed by atoms with Crippen LogP contribution in [-0.2, 0) is 34.0 Å². The summed E-state index contributed by atoms with van der Waals surface area (Å²) in [4.78, 5) is 28.8. The zero-order chi connectivity index (χ0) is 20.6.